The van der Waals surface area contributed by atoms with Crippen molar-refractivity contribution in [1.29, 1.82) is 0 Å². The predicted octanol–water partition coefficient (Wildman–Crippen LogP) is 3.12. The lowest BCUT2D eigenvalue weighted by molar-refractivity contribution is 0.624. The van der Waals surface area contributed by atoms with E-state index in [0.29, 0.717) is 0 Å². The van der Waals surface area contributed by atoms with Crippen LogP contribution in [-0.2, 0) is 0 Å². The molecule has 0 aromatic carbocycles. The van der Waals surface area contributed by atoms with Gasteiger partial charge in [-0.25, -0.2) is 14.4 Å². The maximum atomic E-state index is 13.0. The maximum absolute atomic E-state index is 13.0. The van der Waals surface area contributed by atoms with Crippen LogP contribution in [0.2, 0.25) is 15.6 Å². The van der Waals surface area contributed by atoms with Crippen LogP contribution in [0, 0.1) is 5.82 Å². The molecule has 7 heteroatoms. The third-order valence-corrected chi connectivity index (χ3v) is 2.25. The number of hydrogen-bond acceptors (Lipinski definition) is 3. The highest BCUT2D eigenvalue weighted by atomic mass is 35.5. The van der Waals surface area contributed by atoms with Crippen molar-refractivity contribution in [2.45, 2.75) is 0 Å². The monoisotopic (exact) mass is 251 g/mol. The van der Waals surface area contributed by atoms with Crippen molar-refractivity contribution < 1.29 is 4.39 Å². The standard InChI is InChI=1S/C7HCl3FN3/c8-4-2-1-3(11)5(9)12-6(2)14-7(10)13-4/h1H. The molecule has 0 aliphatic heterocycles. The average Bonchev–Trinajstić information content (AvgIpc) is 2.08. The van der Waals surface area contributed by atoms with Gasteiger partial charge in [-0.05, 0) is 17.7 Å². The highest BCUT2D eigenvalue weighted by Gasteiger charge is 2.10. The Labute approximate surface area is 92.8 Å². The number of halogens is 4. The molecule has 0 atom stereocenters. The predicted molar refractivity (Wildman–Crippen MR) is 52.3 cm³/mol. The van der Waals surface area contributed by atoms with Gasteiger partial charge in [0, 0.05) is 0 Å². The first-order valence-corrected chi connectivity index (χ1v) is 4.56. The molecule has 0 radical (unpaired) electrons. The van der Waals surface area contributed by atoms with Crippen molar-refractivity contribution in [2.75, 3.05) is 0 Å². The lowest BCUT2D eigenvalue weighted by Crippen LogP contribution is -1.92. The number of aromatic nitrogens is 3. The van der Waals surface area contributed by atoms with Gasteiger partial charge in [0.1, 0.15) is 5.15 Å². The first kappa shape index (κ1) is 9.83. The van der Waals surface area contributed by atoms with Crippen LogP contribution in [0.3, 0.4) is 0 Å². The van der Waals surface area contributed by atoms with Crippen molar-refractivity contribution in [1.82, 2.24) is 15.0 Å². The Bertz CT molecular complexity index is 517. The van der Waals surface area contributed by atoms with Crippen LogP contribution >= 0.6 is 34.8 Å². The number of nitrogens with zero attached hydrogens (tertiary/aromatic N) is 3. The van der Waals surface area contributed by atoms with Crippen LogP contribution in [0.25, 0.3) is 11.0 Å². The topological polar surface area (TPSA) is 38.7 Å². The Balaban J connectivity index is 2.89. The molecule has 72 valence electrons. The van der Waals surface area contributed by atoms with Crippen LogP contribution in [-0.4, -0.2) is 15.0 Å². The quantitative estimate of drug-likeness (QED) is 0.411. The average molecular weight is 252 g/mol. The third-order valence-electron chi connectivity index (χ3n) is 1.52. The molecule has 0 bridgehead atoms. The molecular formula is C7HCl3FN3. The van der Waals surface area contributed by atoms with Gasteiger partial charge in [-0.2, -0.15) is 4.98 Å². The summed E-state index contributed by atoms with van der Waals surface area (Å²) in [5, 5.41) is -0.0120. The van der Waals surface area contributed by atoms with Crippen LogP contribution in [0.15, 0.2) is 6.07 Å². The molecule has 14 heavy (non-hydrogen) atoms. The van der Waals surface area contributed by atoms with Crippen molar-refractivity contribution >= 4 is 45.8 Å². The molecule has 2 aromatic heterocycles. The summed E-state index contributed by atoms with van der Waals surface area (Å²) in [6, 6.07) is 1.11. The summed E-state index contributed by atoms with van der Waals surface area (Å²) in [6.07, 6.45) is 0. The lowest BCUT2D eigenvalue weighted by Gasteiger charge is -2.00. The van der Waals surface area contributed by atoms with Gasteiger partial charge in [-0.1, -0.05) is 23.2 Å². The van der Waals surface area contributed by atoms with Crippen molar-refractivity contribution in [2.24, 2.45) is 0 Å². The third kappa shape index (κ3) is 1.61. The Morgan fingerprint density at radius 2 is 1.71 bits per heavy atom. The fourth-order valence-corrected chi connectivity index (χ4v) is 1.51. The Morgan fingerprint density at radius 1 is 1.00 bits per heavy atom. The Kier molecular flexibility index (Phi) is 2.43. The van der Waals surface area contributed by atoms with Gasteiger partial charge in [-0.15, -0.1) is 0 Å². The van der Waals surface area contributed by atoms with Crippen LogP contribution in [0.4, 0.5) is 4.39 Å². The lowest BCUT2D eigenvalue weighted by atomic mass is 10.3. The van der Waals surface area contributed by atoms with E-state index < -0.39 is 5.82 Å². The van der Waals surface area contributed by atoms with Gasteiger partial charge < -0.3 is 0 Å². The summed E-state index contributed by atoms with van der Waals surface area (Å²) >= 11 is 16.7. The molecule has 0 aliphatic carbocycles. The second kappa shape index (κ2) is 3.46. The molecule has 2 heterocycles. The maximum Gasteiger partial charge on any atom is 0.225 e. The molecule has 2 aromatic rings. The zero-order valence-corrected chi connectivity index (χ0v) is 8.70. The van der Waals surface area contributed by atoms with Crippen LogP contribution in [0.1, 0.15) is 0 Å². The largest absolute Gasteiger partial charge is 0.225 e. The molecule has 0 aliphatic rings. The molecule has 0 saturated carbocycles. The summed E-state index contributed by atoms with van der Waals surface area (Å²) in [6.45, 7) is 0. The molecule has 0 saturated heterocycles. The van der Waals surface area contributed by atoms with E-state index in [9.17, 15) is 4.39 Å². The van der Waals surface area contributed by atoms with Crippen molar-refractivity contribution in [3.8, 4) is 0 Å². The summed E-state index contributed by atoms with van der Waals surface area (Å²) < 4.78 is 13.0. The van der Waals surface area contributed by atoms with E-state index in [1.54, 1.807) is 0 Å². The molecule has 3 nitrogen and oxygen atoms in total. The van der Waals surface area contributed by atoms with E-state index in [0.717, 1.165) is 6.07 Å². The number of fused-ring (bicyclic) bond motifs is 1. The summed E-state index contributed by atoms with van der Waals surface area (Å²) in [4.78, 5) is 11.1. The second-order valence-electron chi connectivity index (χ2n) is 2.42. The van der Waals surface area contributed by atoms with Gasteiger partial charge in [0.25, 0.3) is 0 Å². The molecule has 0 spiro atoms. The number of hydrogen-bond donors (Lipinski definition) is 0. The highest BCUT2D eigenvalue weighted by molar-refractivity contribution is 6.36. The zero-order chi connectivity index (χ0) is 10.3. The first-order chi connectivity index (χ1) is 6.58. The summed E-state index contributed by atoms with van der Waals surface area (Å²) in [5.41, 5.74) is 0.168. The fraction of sp³-hybridized carbons (Fsp3) is 0. The van der Waals surface area contributed by atoms with Crippen molar-refractivity contribution in [3.05, 3.63) is 27.5 Å². The first-order valence-electron chi connectivity index (χ1n) is 3.42. The minimum atomic E-state index is -0.674. The Hall–Kier alpha value is -0.710. The number of rotatable bonds is 0. The Morgan fingerprint density at radius 3 is 2.43 bits per heavy atom. The second-order valence-corrected chi connectivity index (χ2v) is 3.47. The minimum absolute atomic E-state index is 0.0445. The van der Waals surface area contributed by atoms with Gasteiger partial charge in [-0.3, -0.25) is 0 Å². The fourth-order valence-electron chi connectivity index (χ4n) is 0.948. The SMILES string of the molecule is Fc1cc2c(Cl)nc(Cl)nc2nc1Cl. The zero-order valence-electron chi connectivity index (χ0n) is 6.43. The van der Waals surface area contributed by atoms with E-state index in [-0.39, 0.29) is 26.6 Å². The van der Waals surface area contributed by atoms with Crippen LogP contribution < -0.4 is 0 Å². The molecule has 2 rings (SSSR count). The van der Waals surface area contributed by atoms with E-state index in [1.165, 1.54) is 0 Å². The minimum Gasteiger partial charge on any atom is -0.213 e. The smallest absolute Gasteiger partial charge is 0.213 e. The molecule has 0 fully saturated rings. The van der Waals surface area contributed by atoms with Crippen molar-refractivity contribution in [3.63, 3.8) is 0 Å². The van der Waals surface area contributed by atoms with Gasteiger partial charge >= 0.3 is 0 Å². The van der Waals surface area contributed by atoms with Gasteiger partial charge in [0.05, 0.1) is 5.39 Å². The molecule has 0 unspecified atom stereocenters. The van der Waals surface area contributed by atoms with E-state index in [4.69, 9.17) is 34.8 Å². The molecular weight excluding hydrogens is 251 g/mol. The van der Waals surface area contributed by atoms with E-state index in [2.05, 4.69) is 15.0 Å². The molecule has 0 amide bonds. The normalized spacial score (nSPS) is 10.9. The van der Waals surface area contributed by atoms with Gasteiger partial charge in [0.15, 0.2) is 16.6 Å². The van der Waals surface area contributed by atoms with Crippen LogP contribution in [0.5, 0.6) is 0 Å². The summed E-state index contributed by atoms with van der Waals surface area (Å²) in [7, 11) is 0. The number of pyridine rings is 1. The van der Waals surface area contributed by atoms with E-state index >= 15 is 0 Å². The summed E-state index contributed by atoms with van der Waals surface area (Å²) in [5.74, 6) is -0.674. The molecule has 0 N–H and O–H groups in total. The van der Waals surface area contributed by atoms with Gasteiger partial charge in [0.2, 0.25) is 5.28 Å². The van der Waals surface area contributed by atoms with E-state index in [1.807, 2.05) is 0 Å². The highest BCUT2D eigenvalue weighted by Crippen LogP contribution is 2.24.